The van der Waals surface area contributed by atoms with E-state index in [2.05, 4.69) is 27.7 Å². The average Bonchev–Trinajstić information content (AvgIpc) is 2.95. The number of rotatable bonds is 4. The first-order valence-electron chi connectivity index (χ1n) is 16.5. The summed E-state index contributed by atoms with van der Waals surface area (Å²) in [6.07, 6.45) is 3.45. The first kappa shape index (κ1) is 31.6. The first-order chi connectivity index (χ1) is 20.0. The maximum absolute atomic E-state index is 14.4. The van der Waals surface area contributed by atoms with Crippen molar-refractivity contribution in [2.75, 3.05) is 6.61 Å². The van der Waals surface area contributed by atoms with E-state index in [4.69, 9.17) is 9.47 Å². The summed E-state index contributed by atoms with van der Waals surface area (Å²) in [5.41, 5.74) is -0.184. The lowest BCUT2D eigenvalue weighted by Gasteiger charge is -2.69. The molecule has 0 aromatic heterocycles. The Labute approximate surface area is 255 Å². The smallest absolute Gasteiger partial charge is 0.309 e. The van der Waals surface area contributed by atoms with Gasteiger partial charge in [0.25, 0.3) is 0 Å². The van der Waals surface area contributed by atoms with Gasteiger partial charge in [0.05, 0.1) is 18.1 Å². The van der Waals surface area contributed by atoms with Crippen molar-refractivity contribution in [2.24, 2.45) is 44.8 Å². The molecule has 9 nitrogen and oxygen atoms in total. The Balaban J connectivity index is 1.26. The molecule has 14 atom stereocenters. The van der Waals surface area contributed by atoms with Crippen LogP contribution in [-0.4, -0.2) is 80.7 Å². The van der Waals surface area contributed by atoms with Crippen molar-refractivity contribution < 1.29 is 44.6 Å². The molecule has 6 rings (SSSR count). The second-order valence-electron chi connectivity index (χ2n) is 16.4. The molecule has 4 saturated carbocycles. The average molecular weight is 605 g/mol. The van der Waals surface area contributed by atoms with E-state index in [1.165, 1.54) is 5.57 Å². The van der Waals surface area contributed by atoms with Crippen molar-refractivity contribution in [3.8, 4) is 0 Å². The van der Waals surface area contributed by atoms with Gasteiger partial charge < -0.3 is 35.0 Å². The van der Waals surface area contributed by atoms with Crippen molar-refractivity contribution in [2.45, 2.75) is 136 Å². The zero-order valence-corrected chi connectivity index (χ0v) is 26.4. The molecule has 0 unspecified atom stereocenters. The first-order valence-corrected chi connectivity index (χ1v) is 16.5. The van der Waals surface area contributed by atoms with Crippen LogP contribution in [0.15, 0.2) is 11.6 Å². The van der Waals surface area contributed by atoms with Crippen LogP contribution in [0.3, 0.4) is 0 Å². The van der Waals surface area contributed by atoms with E-state index in [0.29, 0.717) is 25.7 Å². The summed E-state index contributed by atoms with van der Waals surface area (Å²) < 4.78 is 11.8. The van der Waals surface area contributed by atoms with Crippen LogP contribution in [0.25, 0.3) is 0 Å². The summed E-state index contributed by atoms with van der Waals surface area (Å²) in [4.78, 5) is 26.7. The number of hydrogen-bond donors (Lipinski definition) is 5. The van der Waals surface area contributed by atoms with Gasteiger partial charge in [-0.25, -0.2) is 0 Å². The molecule has 242 valence electrons. The van der Waals surface area contributed by atoms with E-state index in [1.807, 2.05) is 13.0 Å². The molecular formula is C34H52O9. The highest BCUT2D eigenvalue weighted by atomic mass is 16.7. The molecule has 1 heterocycles. The molecular weight excluding hydrogens is 552 g/mol. The van der Waals surface area contributed by atoms with Crippen LogP contribution in [0.4, 0.5) is 0 Å². The van der Waals surface area contributed by atoms with Crippen LogP contribution in [0.2, 0.25) is 0 Å². The van der Waals surface area contributed by atoms with Gasteiger partial charge in [-0.15, -0.1) is 0 Å². The second kappa shape index (κ2) is 10.3. The molecule has 0 amide bonds. The highest BCUT2D eigenvalue weighted by Gasteiger charge is 2.68. The van der Waals surface area contributed by atoms with Gasteiger partial charge in [0.1, 0.15) is 24.4 Å². The molecule has 9 heteroatoms. The SMILES string of the molecule is C[C@]1(C(=O)O)CC[C@]2(C)CC[C@]3(C)C(=CC(=O)[C@@H]4[C@@]5(C)CC[C@H](O[C@H]6O[C@H](CO)[C@@H](O)[C@H](O)[C@H]6O)C[C@@H]5CC[C@]43C)[C@@H]2C1. The predicted octanol–water partition coefficient (Wildman–Crippen LogP) is 3.60. The van der Waals surface area contributed by atoms with Crippen molar-refractivity contribution in [3.05, 3.63) is 11.6 Å². The molecule has 0 bridgehead atoms. The Morgan fingerprint density at radius 3 is 2.33 bits per heavy atom. The number of ether oxygens (including phenoxy) is 2. The number of ketones is 1. The number of aliphatic hydroxyl groups excluding tert-OH is 4. The second-order valence-corrected chi connectivity index (χ2v) is 16.4. The monoisotopic (exact) mass is 604 g/mol. The molecule has 0 aromatic carbocycles. The van der Waals surface area contributed by atoms with E-state index in [-0.39, 0.29) is 51.3 Å². The molecule has 1 aliphatic heterocycles. The minimum Gasteiger partial charge on any atom is -0.481 e. The Morgan fingerprint density at radius 2 is 1.65 bits per heavy atom. The number of carboxylic acid groups (broad SMARTS) is 1. The lowest BCUT2D eigenvalue weighted by atomic mass is 9.35. The predicted molar refractivity (Wildman–Crippen MR) is 157 cm³/mol. The van der Waals surface area contributed by atoms with Gasteiger partial charge in [-0.1, -0.05) is 33.3 Å². The van der Waals surface area contributed by atoms with E-state index in [1.54, 1.807) is 0 Å². The molecule has 5 N–H and O–H groups in total. The van der Waals surface area contributed by atoms with Crippen molar-refractivity contribution in [1.29, 1.82) is 0 Å². The molecule has 5 fully saturated rings. The van der Waals surface area contributed by atoms with E-state index in [0.717, 1.165) is 38.5 Å². The summed E-state index contributed by atoms with van der Waals surface area (Å²) in [6.45, 7) is 10.7. The number of carbonyl (C=O) groups is 2. The van der Waals surface area contributed by atoms with Crippen LogP contribution in [0.1, 0.15) is 98.8 Å². The Morgan fingerprint density at radius 1 is 0.953 bits per heavy atom. The van der Waals surface area contributed by atoms with E-state index < -0.39 is 48.7 Å². The molecule has 6 aliphatic rings. The molecule has 0 radical (unpaired) electrons. The third kappa shape index (κ3) is 4.46. The van der Waals surface area contributed by atoms with Crippen LogP contribution in [-0.2, 0) is 19.1 Å². The number of carboxylic acids is 1. The van der Waals surface area contributed by atoms with Gasteiger partial charge in [-0.3, -0.25) is 9.59 Å². The molecule has 5 aliphatic carbocycles. The number of carbonyl (C=O) groups excluding carboxylic acids is 1. The zero-order chi connectivity index (χ0) is 31.3. The standard InChI is InChI=1S/C34H52O9/c1-30-10-11-31(2,29(40)41)16-21(30)20-15-22(36)27-32(3)8-7-19(42-28-26(39)25(38)24(37)23(17-35)43-28)14-18(32)6-9-34(27,5)33(20,4)13-12-30/h15,18-19,21,23-28,35,37-39H,6-14,16-17H2,1-5H3,(H,40,41)/t18-,19-,21-,23+,24+,25-,26+,27+,28-,30+,31-,32-,33+,34+/m0/s1. The zero-order valence-electron chi connectivity index (χ0n) is 26.4. The molecule has 1 saturated heterocycles. The van der Waals surface area contributed by atoms with Crippen molar-refractivity contribution in [3.63, 3.8) is 0 Å². The van der Waals surface area contributed by atoms with Crippen LogP contribution in [0, 0.1) is 44.8 Å². The summed E-state index contributed by atoms with van der Waals surface area (Å²) in [6, 6.07) is 0. The minimum absolute atomic E-state index is 0.0185. The topological polar surface area (TPSA) is 154 Å². The minimum atomic E-state index is -1.48. The third-order valence-electron chi connectivity index (χ3n) is 14.3. The Bertz CT molecular complexity index is 1180. The fourth-order valence-electron chi connectivity index (χ4n) is 11.0. The Hall–Kier alpha value is -1.36. The van der Waals surface area contributed by atoms with Gasteiger partial charge >= 0.3 is 5.97 Å². The van der Waals surface area contributed by atoms with Crippen LogP contribution < -0.4 is 0 Å². The van der Waals surface area contributed by atoms with Gasteiger partial charge in [0, 0.05) is 5.92 Å². The van der Waals surface area contributed by atoms with Crippen molar-refractivity contribution >= 4 is 11.8 Å². The number of aliphatic hydroxyl groups is 4. The summed E-state index contributed by atoms with van der Waals surface area (Å²) >= 11 is 0. The number of aliphatic carboxylic acids is 1. The Kier molecular flexibility index (Phi) is 7.59. The normalized spacial score (nSPS) is 54.9. The summed E-state index contributed by atoms with van der Waals surface area (Å²) in [5.74, 6) is -0.349. The van der Waals surface area contributed by atoms with E-state index in [9.17, 15) is 35.1 Å². The molecule has 0 aromatic rings. The fourth-order valence-corrected chi connectivity index (χ4v) is 11.0. The highest BCUT2D eigenvalue weighted by Crippen LogP contribution is 2.74. The van der Waals surface area contributed by atoms with Crippen LogP contribution >= 0.6 is 0 Å². The maximum atomic E-state index is 14.4. The summed E-state index contributed by atoms with van der Waals surface area (Å²) in [5, 5.41) is 50.6. The highest BCUT2D eigenvalue weighted by molar-refractivity contribution is 5.95. The largest absolute Gasteiger partial charge is 0.481 e. The van der Waals surface area contributed by atoms with Crippen LogP contribution in [0.5, 0.6) is 0 Å². The maximum Gasteiger partial charge on any atom is 0.309 e. The lowest BCUT2D eigenvalue weighted by molar-refractivity contribution is -0.316. The van der Waals surface area contributed by atoms with E-state index >= 15 is 0 Å². The van der Waals surface area contributed by atoms with Gasteiger partial charge in [0.2, 0.25) is 0 Å². The lowest BCUT2D eigenvalue weighted by Crippen LogP contribution is -2.64. The van der Waals surface area contributed by atoms with Gasteiger partial charge in [-0.2, -0.15) is 0 Å². The third-order valence-corrected chi connectivity index (χ3v) is 14.3. The number of fused-ring (bicyclic) bond motifs is 7. The molecule has 0 spiro atoms. The number of hydrogen-bond acceptors (Lipinski definition) is 8. The van der Waals surface area contributed by atoms with Gasteiger partial charge in [0.15, 0.2) is 12.1 Å². The summed E-state index contributed by atoms with van der Waals surface area (Å²) in [7, 11) is 0. The molecule has 43 heavy (non-hydrogen) atoms. The van der Waals surface area contributed by atoms with Gasteiger partial charge in [-0.05, 0) is 111 Å². The quantitative estimate of drug-likeness (QED) is 0.303. The van der Waals surface area contributed by atoms with Crippen molar-refractivity contribution in [1.82, 2.24) is 0 Å². The number of allylic oxidation sites excluding steroid dienone is 2. The fraction of sp³-hybridized carbons (Fsp3) is 0.882.